The van der Waals surface area contributed by atoms with Gasteiger partial charge in [0, 0.05) is 10.6 Å². The molecule has 94 valence electrons. The minimum absolute atomic E-state index is 0.132. The molecular weight excluding hydrogens is 285 g/mol. The lowest BCUT2D eigenvalue weighted by molar-refractivity contribution is 0.0697. The molecule has 5 heteroatoms. The highest BCUT2D eigenvalue weighted by Crippen LogP contribution is 2.31. The Labute approximate surface area is 119 Å². The molecule has 19 heavy (non-hydrogen) atoms. The lowest BCUT2D eigenvalue weighted by Crippen LogP contribution is -1.96. The number of nitriles is 1. The van der Waals surface area contributed by atoms with Crippen LogP contribution in [-0.2, 0) is 0 Å². The maximum atomic E-state index is 11.0. The maximum Gasteiger partial charge on any atom is 0.335 e. The monoisotopic (exact) mass is 291 g/mol. The Bertz CT molecular complexity index is 705. The van der Waals surface area contributed by atoms with E-state index in [1.165, 1.54) is 18.2 Å². The number of carboxylic acids is 1. The summed E-state index contributed by atoms with van der Waals surface area (Å²) in [4.78, 5) is 11.0. The van der Waals surface area contributed by atoms with Crippen molar-refractivity contribution in [1.29, 1.82) is 5.26 Å². The molecule has 0 radical (unpaired) electrons. The summed E-state index contributed by atoms with van der Waals surface area (Å²) in [7, 11) is 0. The van der Waals surface area contributed by atoms with Crippen LogP contribution in [0.2, 0.25) is 10.0 Å². The molecule has 1 N–H and O–H groups in total. The van der Waals surface area contributed by atoms with Gasteiger partial charge in [-0.05, 0) is 35.9 Å². The van der Waals surface area contributed by atoms with Gasteiger partial charge in [-0.3, -0.25) is 0 Å². The van der Waals surface area contributed by atoms with Gasteiger partial charge in [-0.25, -0.2) is 4.79 Å². The fraction of sp³-hybridized carbons (Fsp3) is 0. The van der Waals surface area contributed by atoms with Crippen LogP contribution in [0.1, 0.15) is 15.9 Å². The molecule has 0 saturated carbocycles. The molecule has 0 aliphatic carbocycles. The SMILES string of the molecule is N#Cc1cc(-c2cc(C(=O)O)ccc2Cl)ccc1Cl. The van der Waals surface area contributed by atoms with Gasteiger partial charge in [-0.15, -0.1) is 0 Å². The fourth-order valence-corrected chi connectivity index (χ4v) is 2.04. The van der Waals surface area contributed by atoms with Gasteiger partial charge >= 0.3 is 5.97 Å². The third-order valence-electron chi connectivity index (χ3n) is 2.61. The quantitative estimate of drug-likeness (QED) is 0.901. The van der Waals surface area contributed by atoms with Crippen molar-refractivity contribution in [3.05, 3.63) is 57.6 Å². The van der Waals surface area contributed by atoms with Gasteiger partial charge in [-0.1, -0.05) is 29.3 Å². The molecule has 0 amide bonds. The summed E-state index contributed by atoms with van der Waals surface area (Å²) in [6.45, 7) is 0. The highest BCUT2D eigenvalue weighted by molar-refractivity contribution is 6.34. The van der Waals surface area contributed by atoms with Crippen LogP contribution in [0.25, 0.3) is 11.1 Å². The standard InChI is InChI=1S/C14H7Cl2NO2/c15-12-3-1-8(5-10(12)7-17)11-6-9(14(18)19)2-4-13(11)16/h1-6H,(H,18,19). The Kier molecular flexibility index (Phi) is 3.75. The summed E-state index contributed by atoms with van der Waals surface area (Å²) in [5, 5.41) is 18.7. The van der Waals surface area contributed by atoms with E-state index >= 15 is 0 Å². The summed E-state index contributed by atoms with van der Waals surface area (Å²) in [6.07, 6.45) is 0. The molecule has 0 atom stereocenters. The van der Waals surface area contributed by atoms with E-state index in [2.05, 4.69) is 0 Å². The molecule has 0 aliphatic rings. The molecule has 2 aromatic carbocycles. The van der Waals surface area contributed by atoms with Crippen LogP contribution in [0.15, 0.2) is 36.4 Å². The van der Waals surface area contributed by atoms with E-state index < -0.39 is 5.97 Å². The number of halogens is 2. The summed E-state index contributed by atoms with van der Waals surface area (Å²) in [5.74, 6) is -1.03. The van der Waals surface area contributed by atoms with E-state index in [0.29, 0.717) is 26.7 Å². The molecule has 0 fully saturated rings. The summed E-state index contributed by atoms with van der Waals surface area (Å²) >= 11 is 11.9. The molecule has 2 aromatic rings. The van der Waals surface area contributed by atoms with Crippen LogP contribution in [0.5, 0.6) is 0 Å². The second-order valence-corrected chi connectivity index (χ2v) is 4.62. The Morgan fingerprint density at radius 3 is 2.42 bits per heavy atom. The van der Waals surface area contributed by atoms with Crippen LogP contribution < -0.4 is 0 Å². The molecule has 0 spiro atoms. The first-order chi connectivity index (χ1) is 9.02. The average Bonchev–Trinajstić information content (AvgIpc) is 2.40. The number of benzene rings is 2. The predicted octanol–water partition coefficient (Wildman–Crippen LogP) is 4.23. The number of nitrogens with zero attached hydrogens (tertiary/aromatic N) is 1. The van der Waals surface area contributed by atoms with E-state index in [-0.39, 0.29) is 5.56 Å². The van der Waals surface area contributed by atoms with Gasteiger partial charge in [-0.2, -0.15) is 5.26 Å². The zero-order valence-corrected chi connectivity index (χ0v) is 11.0. The van der Waals surface area contributed by atoms with Crippen molar-refractivity contribution < 1.29 is 9.90 Å². The normalized spacial score (nSPS) is 9.95. The Morgan fingerprint density at radius 1 is 1.11 bits per heavy atom. The number of carbonyl (C=O) groups is 1. The second-order valence-electron chi connectivity index (χ2n) is 3.81. The highest BCUT2D eigenvalue weighted by atomic mass is 35.5. The molecule has 0 aromatic heterocycles. The topological polar surface area (TPSA) is 61.1 Å². The molecular formula is C14H7Cl2NO2. The maximum absolute atomic E-state index is 11.0. The number of rotatable bonds is 2. The summed E-state index contributed by atoms with van der Waals surface area (Å²) in [6, 6.07) is 11.2. The number of aromatic carboxylic acids is 1. The molecule has 0 bridgehead atoms. The van der Waals surface area contributed by atoms with Crippen LogP contribution in [0.4, 0.5) is 0 Å². The molecule has 0 unspecified atom stereocenters. The summed E-state index contributed by atoms with van der Waals surface area (Å²) < 4.78 is 0. The van der Waals surface area contributed by atoms with Gasteiger partial charge in [0.2, 0.25) is 0 Å². The number of hydrogen-bond acceptors (Lipinski definition) is 2. The lowest BCUT2D eigenvalue weighted by atomic mass is 10.0. The molecule has 3 nitrogen and oxygen atoms in total. The summed E-state index contributed by atoms with van der Waals surface area (Å²) in [5.41, 5.74) is 1.65. The first-order valence-electron chi connectivity index (χ1n) is 5.26. The van der Waals surface area contributed by atoms with Crippen molar-refractivity contribution in [3.63, 3.8) is 0 Å². The largest absolute Gasteiger partial charge is 0.478 e. The van der Waals surface area contributed by atoms with Crippen molar-refractivity contribution in [1.82, 2.24) is 0 Å². The van der Waals surface area contributed by atoms with E-state index in [1.54, 1.807) is 18.2 Å². The van der Waals surface area contributed by atoms with Crippen molar-refractivity contribution in [2.24, 2.45) is 0 Å². The van der Waals surface area contributed by atoms with Crippen molar-refractivity contribution in [2.75, 3.05) is 0 Å². The molecule has 0 aliphatic heterocycles. The third-order valence-corrected chi connectivity index (χ3v) is 3.27. The Morgan fingerprint density at radius 2 is 1.79 bits per heavy atom. The van der Waals surface area contributed by atoms with Crippen molar-refractivity contribution in [3.8, 4) is 17.2 Å². The van der Waals surface area contributed by atoms with Gasteiger partial charge in [0.25, 0.3) is 0 Å². The first kappa shape index (κ1) is 13.4. The number of carboxylic acid groups (broad SMARTS) is 1. The lowest BCUT2D eigenvalue weighted by Gasteiger charge is -2.07. The van der Waals surface area contributed by atoms with Crippen molar-refractivity contribution >= 4 is 29.2 Å². The van der Waals surface area contributed by atoms with E-state index in [9.17, 15) is 4.79 Å². The van der Waals surface area contributed by atoms with Crippen LogP contribution in [0, 0.1) is 11.3 Å². The Hall–Kier alpha value is -2.02. The third kappa shape index (κ3) is 2.70. The molecule has 0 heterocycles. The van der Waals surface area contributed by atoms with Crippen LogP contribution >= 0.6 is 23.2 Å². The van der Waals surface area contributed by atoms with E-state index in [4.69, 9.17) is 33.6 Å². The minimum Gasteiger partial charge on any atom is -0.478 e. The second kappa shape index (κ2) is 5.31. The average molecular weight is 292 g/mol. The van der Waals surface area contributed by atoms with E-state index in [1.807, 2.05) is 6.07 Å². The van der Waals surface area contributed by atoms with Gasteiger partial charge in [0.1, 0.15) is 6.07 Å². The highest BCUT2D eigenvalue weighted by Gasteiger charge is 2.10. The molecule has 0 saturated heterocycles. The van der Waals surface area contributed by atoms with Crippen LogP contribution in [0.3, 0.4) is 0 Å². The first-order valence-corrected chi connectivity index (χ1v) is 6.01. The van der Waals surface area contributed by atoms with Gasteiger partial charge in [0.15, 0.2) is 0 Å². The van der Waals surface area contributed by atoms with E-state index in [0.717, 1.165) is 0 Å². The van der Waals surface area contributed by atoms with Gasteiger partial charge in [0.05, 0.1) is 16.1 Å². The Balaban J connectivity index is 2.61. The zero-order chi connectivity index (χ0) is 14.0. The minimum atomic E-state index is -1.03. The fourth-order valence-electron chi connectivity index (χ4n) is 1.66. The smallest absolute Gasteiger partial charge is 0.335 e. The number of hydrogen-bond donors (Lipinski definition) is 1. The van der Waals surface area contributed by atoms with Crippen LogP contribution in [-0.4, -0.2) is 11.1 Å². The van der Waals surface area contributed by atoms with Crippen molar-refractivity contribution in [2.45, 2.75) is 0 Å². The molecule has 2 rings (SSSR count). The zero-order valence-electron chi connectivity index (χ0n) is 9.52. The van der Waals surface area contributed by atoms with Gasteiger partial charge < -0.3 is 5.11 Å². The predicted molar refractivity (Wildman–Crippen MR) is 73.6 cm³/mol.